The average Bonchev–Trinajstić information content (AvgIpc) is 4.16. The lowest BCUT2D eigenvalue weighted by atomic mass is 10.0. The van der Waals surface area contributed by atoms with Gasteiger partial charge in [0.25, 0.3) is 11.8 Å². The lowest BCUT2D eigenvalue weighted by molar-refractivity contribution is 0.0939. The van der Waals surface area contributed by atoms with Crippen LogP contribution in [0.2, 0.25) is 0 Å². The van der Waals surface area contributed by atoms with Crippen molar-refractivity contribution >= 4 is 61.9 Å². The molecule has 2 amide bonds. The van der Waals surface area contributed by atoms with Crippen molar-refractivity contribution in [3.63, 3.8) is 0 Å². The summed E-state index contributed by atoms with van der Waals surface area (Å²) in [5.41, 5.74) is 8.80. The molecule has 344 valence electrons. The quantitative estimate of drug-likeness (QED) is 0.0552. The van der Waals surface area contributed by atoms with Gasteiger partial charge in [0.15, 0.2) is 17.1 Å². The lowest BCUT2D eigenvalue weighted by Gasteiger charge is -2.19. The zero-order valence-electron chi connectivity index (χ0n) is 38.1. The number of aliphatic hydroxyl groups is 2. The first kappa shape index (κ1) is 46.1. The van der Waals surface area contributed by atoms with Crippen molar-refractivity contribution in [3.8, 4) is 22.5 Å². The Morgan fingerprint density at radius 3 is 1.62 bits per heavy atom. The number of hydrogen-bond donors (Lipinski definition) is 7. The Morgan fingerprint density at radius 2 is 1.15 bits per heavy atom. The monoisotopic (exact) mass is 959 g/mol. The molecule has 0 atom stereocenters. The van der Waals surface area contributed by atoms with Crippen molar-refractivity contribution < 1.29 is 24.2 Å². The minimum Gasteiger partial charge on any atom is -0.389 e. The van der Waals surface area contributed by atoms with Crippen LogP contribution in [0.4, 0.5) is 27.3 Å². The summed E-state index contributed by atoms with van der Waals surface area (Å²) >= 11 is 3.45. The van der Waals surface area contributed by atoms with Crippen molar-refractivity contribution in [2.75, 3.05) is 29.0 Å². The largest absolute Gasteiger partial charge is 0.389 e. The zero-order valence-corrected chi connectivity index (χ0v) is 39.6. The SMILES string of the molecule is Cc1cc(-c2cnc3c(NCC(C)(C)O)cc(Br)nn23)ccc1C(=O)NC1CC1.Cc1ccc(F)cc1Nc1cc(NCC(C)(C)O)c2ncc(-c3ccc(C(=O)NC4CC4)c(C)c3)n2n1. The van der Waals surface area contributed by atoms with Crippen molar-refractivity contribution in [2.45, 2.75) is 97.4 Å². The molecule has 66 heavy (non-hydrogen) atoms. The summed E-state index contributed by atoms with van der Waals surface area (Å²) in [5, 5.41) is 45.4. The van der Waals surface area contributed by atoms with Crippen LogP contribution in [0.1, 0.15) is 90.8 Å². The number of benzene rings is 3. The number of carbonyl (C=O) groups is 2. The Bertz CT molecular complexity index is 2960. The van der Waals surface area contributed by atoms with Gasteiger partial charge in [0, 0.05) is 59.2 Å². The van der Waals surface area contributed by atoms with Gasteiger partial charge in [0.2, 0.25) is 0 Å². The molecule has 4 heterocycles. The van der Waals surface area contributed by atoms with E-state index < -0.39 is 11.2 Å². The van der Waals surface area contributed by atoms with Gasteiger partial charge in [-0.15, -0.1) is 5.10 Å². The average molecular weight is 961 g/mol. The molecule has 15 nitrogen and oxygen atoms in total. The first-order valence-corrected chi connectivity index (χ1v) is 22.8. The second-order valence-electron chi connectivity index (χ2n) is 18.6. The van der Waals surface area contributed by atoms with E-state index in [0.29, 0.717) is 56.8 Å². The lowest BCUT2D eigenvalue weighted by Crippen LogP contribution is -2.29. The summed E-state index contributed by atoms with van der Waals surface area (Å²) in [5.74, 6) is 0.0570. The number of rotatable bonds is 14. The standard InChI is InChI=1S/C28H31FN6O2.C21H24BrN5O2/c1-16-5-7-19(29)12-22(16)33-25-13-23(31-15-28(3,4)37)26-30-14-24(35(26)34-25)18-6-10-21(17(2)11-18)27(36)32-20-8-9-20;1-12-8-13(4-7-15(12)20(28)25-14-5-6-14)17-10-23-19-16(24-11-21(2,3)29)9-18(22)26-27(17)19/h5-7,10-14,20,31,37H,8-9,15H2,1-4H3,(H,32,36)(H,33,34);4,7-10,14,24,29H,5-6,11H2,1-3H3,(H,25,28). The minimum atomic E-state index is -0.948. The van der Waals surface area contributed by atoms with Crippen molar-refractivity contribution in [2.24, 2.45) is 0 Å². The van der Waals surface area contributed by atoms with E-state index in [0.717, 1.165) is 70.6 Å². The molecule has 3 aromatic carbocycles. The fourth-order valence-electron chi connectivity index (χ4n) is 7.25. The highest BCUT2D eigenvalue weighted by Crippen LogP contribution is 2.31. The molecule has 2 fully saturated rings. The molecule has 17 heteroatoms. The van der Waals surface area contributed by atoms with E-state index in [-0.39, 0.29) is 30.2 Å². The number of anilines is 4. The van der Waals surface area contributed by atoms with E-state index >= 15 is 0 Å². The number of nitrogens with one attached hydrogen (secondary N) is 5. The van der Waals surface area contributed by atoms with E-state index in [1.54, 1.807) is 61.3 Å². The van der Waals surface area contributed by atoms with Crippen LogP contribution in [0.15, 0.2) is 83.7 Å². The highest BCUT2D eigenvalue weighted by molar-refractivity contribution is 9.10. The van der Waals surface area contributed by atoms with E-state index in [9.17, 15) is 24.2 Å². The van der Waals surface area contributed by atoms with E-state index in [1.165, 1.54) is 12.1 Å². The Morgan fingerprint density at radius 1 is 0.667 bits per heavy atom. The molecule has 7 aromatic rings. The maximum atomic E-state index is 13.9. The molecule has 7 N–H and O–H groups in total. The molecule has 0 spiro atoms. The van der Waals surface area contributed by atoms with Crippen LogP contribution in [0.5, 0.6) is 0 Å². The Kier molecular flexibility index (Phi) is 12.9. The topological polar surface area (TPSA) is 195 Å². The highest BCUT2D eigenvalue weighted by atomic mass is 79.9. The molecule has 0 radical (unpaired) electrons. The Hall–Kier alpha value is -6.43. The fraction of sp³-hybridized carbons (Fsp3) is 0.347. The summed E-state index contributed by atoms with van der Waals surface area (Å²) in [6, 6.07) is 20.2. The summed E-state index contributed by atoms with van der Waals surface area (Å²) < 4.78 is 18.0. The van der Waals surface area contributed by atoms with Crippen molar-refractivity contribution in [1.82, 2.24) is 39.8 Å². The molecule has 0 aliphatic heterocycles. The smallest absolute Gasteiger partial charge is 0.251 e. The van der Waals surface area contributed by atoms with Crippen LogP contribution in [0, 0.1) is 26.6 Å². The van der Waals surface area contributed by atoms with Crippen molar-refractivity contribution in [1.29, 1.82) is 0 Å². The number of imidazole rings is 2. The molecule has 0 unspecified atom stereocenters. The normalized spacial score (nSPS) is 13.9. The maximum absolute atomic E-state index is 13.9. The second kappa shape index (κ2) is 18.5. The molecule has 4 aromatic heterocycles. The predicted molar refractivity (Wildman–Crippen MR) is 259 cm³/mol. The molecule has 2 aliphatic rings. The Balaban J connectivity index is 0.000000185. The molecular weight excluding hydrogens is 906 g/mol. The van der Waals surface area contributed by atoms with Crippen LogP contribution >= 0.6 is 15.9 Å². The molecule has 0 bridgehead atoms. The summed E-state index contributed by atoms with van der Waals surface area (Å²) in [6.45, 7) is 13.3. The second-order valence-corrected chi connectivity index (χ2v) is 19.4. The molecule has 0 saturated heterocycles. The van der Waals surface area contributed by atoms with Gasteiger partial charge < -0.3 is 36.8 Å². The summed E-state index contributed by atoms with van der Waals surface area (Å²) in [4.78, 5) is 34.1. The number of hydrogen-bond acceptors (Lipinski definition) is 11. The third-order valence-electron chi connectivity index (χ3n) is 11.1. The van der Waals surface area contributed by atoms with Gasteiger partial charge in [-0.2, -0.15) is 5.10 Å². The van der Waals surface area contributed by atoms with Crippen molar-refractivity contribution in [3.05, 3.63) is 117 Å². The number of aromatic nitrogens is 6. The van der Waals surface area contributed by atoms with Crippen LogP contribution in [-0.2, 0) is 0 Å². The van der Waals surface area contributed by atoms with Gasteiger partial charge in [-0.05, 0) is 149 Å². The zero-order chi connectivity index (χ0) is 47.1. The molecule has 2 aliphatic carbocycles. The Labute approximate surface area is 390 Å². The molecular formula is C49H55BrFN11O4. The van der Waals surface area contributed by atoms with Crippen LogP contribution < -0.4 is 26.6 Å². The summed E-state index contributed by atoms with van der Waals surface area (Å²) in [7, 11) is 0. The number of carbonyl (C=O) groups excluding carboxylic acids is 2. The third kappa shape index (κ3) is 11.1. The van der Waals surface area contributed by atoms with Crippen LogP contribution in [0.25, 0.3) is 33.8 Å². The first-order chi connectivity index (χ1) is 31.3. The number of nitrogens with zero attached hydrogens (tertiary/aromatic N) is 6. The van der Waals surface area contributed by atoms with Gasteiger partial charge >= 0.3 is 0 Å². The number of fused-ring (bicyclic) bond motifs is 2. The predicted octanol–water partition coefficient (Wildman–Crippen LogP) is 8.51. The number of halogens is 2. The molecule has 9 rings (SSSR count). The maximum Gasteiger partial charge on any atom is 0.251 e. The van der Waals surface area contributed by atoms with E-state index in [2.05, 4.69) is 57.6 Å². The fourth-order valence-corrected chi connectivity index (χ4v) is 7.64. The minimum absolute atomic E-state index is 0.0198. The van der Waals surface area contributed by atoms with Crippen LogP contribution in [-0.4, -0.2) is 87.6 Å². The third-order valence-corrected chi connectivity index (χ3v) is 11.5. The number of aryl methyl sites for hydroxylation is 3. The summed E-state index contributed by atoms with van der Waals surface area (Å²) in [6.07, 6.45) is 7.69. The van der Waals surface area contributed by atoms with Gasteiger partial charge in [-0.3, -0.25) is 9.59 Å². The van der Waals surface area contributed by atoms with Gasteiger partial charge in [-0.25, -0.2) is 23.4 Å². The molecule has 2 saturated carbocycles. The van der Waals surface area contributed by atoms with Gasteiger partial charge in [0.05, 0.1) is 46.4 Å². The first-order valence-electron chi connectivity index (χ1n) is 22.0. The highest BCUT2D eigenvalue weighted by Gasteiger charge is 2.26. The number of amides is 2. The van der Waals surface area contributed by atoms with E-state index in [4.69, 9.17) is 5.10 Å². The van der Waals surface area contributed by atoms with E-state index in [1.807, 2.05) is 63.2 Å². The van der Waals surface area contributed by atoms with Gasteiger partial charge in [-0.1, -0.05) is 18.2 Å². The van der Waals surface area contributed by atoms with Crippen LogP contribution in [0.3, 0.4) is 0 Å². The van der Waals surface area contributed by atoms with Gasteiger partial charge in [0.1, 0.15) is 10.4 Å².